The fourth-order valence-electron chi connectivity index (χ4n) is 2.08. The Kier molecular flexibility index (Phi) is 7.43. The van der Waals surface area contributed by atoms with Gasteiger partial charge in [-0.05, 0) is 36.2 Å². The van der Waals surface area contributed by atoms with Gasteiger partial charge in [0.05, 0.1) is 13.2 Å². The minimum absolute atomic E-state index is 0.0511. The van der Waals surface area contributed by atoms with Crippen LogP contribution in [0.2, 0.25) is 0 Å². The third-order valence-corrected chi connectivity index (χ3v) is 3.41. The van der Waals surface area contributed by atoms with Gasteiger partial charge in [-0.1, -0.05) is 30.3 Å². The van der Waals surface area contributed by atoms with E-state index in [1.807, 2.05) is 30.3 Å². The first kappa shape index (κ1) is 18.4. The smallest absolute Gasteiger partial charge is 0.239 e. The van der Waals surface area contributed by atoms with Gasteiger partial charge in [-0.15, -0.1) is 0 Å². The molecular weight excluding hydrogens is 323 g/mol. The Balaban J connectivity index is 1.54. The number of rotatable bonds is 9. The highest BCUT2D eigenvalue weighted by molar-refractivity contribution is 5.84. The van der Waals surface area contributed by atoms with E-state index in [0.717, 1.165) is 5.56 Å². The first-order valence-corrected chi connectivity index (χ1v) is 8.09. The largest absolute Gasteiger partial charge is 0.494 e. The number of ether oxygens (including phenoxy) is 1. The Morgan fingerprint density at radius 2 is 1.64 bits per heavy atom. The fourth-order valence-corrected chi connectivity index (χ4v) is 2.08. The van der Waals surface area contributed by atoms with Gasteiger partial charge in [0.2, 0.25) is 11.8 Å². The monoisotopic (exact) mass is 344 g/mol. The topological polar surface area (TPSA) is 67.4 Å². The molecule has 25 heavy (non-hydrogen) atoms. The van der Waals surface area contributed by atoms with Crippen LogP contribution < -0.4 is 15.4 Å². The van der Waals surface area contributed by atoms with Gasteiger partial charge in [0.25, 0.3) is 0 Å². The minimum atomic E-state index is -0.322. The predicted octanol–water partition coefficient (Wildman–Crippen LogP) is 2.42. The Labute approximate surface area is 146 Å². The van der Waals surface area contributed by atoms with Gasteiger partial charge in [-0.2, -0.15) is 0 Å². The van der Waals surface area contributed by atoms with E-state index in [-0.39, 0.29) is 30.6 Å². The molecule has 0 aromatic heterocycles. The molecule has 0 bridgehead atoms. The summed E-state index contributed by atoms with van der Waals surface area (Å²) in [5, 5.41) is 5.31. The zero-order chi connectivity index (χ0) is 17.9. The molecule has 0 fully saturated rings. The fraction of sp³-hybridized carbons (Fsp3) is 0.263. The normalized spacial score (nSPS) is 10.1. The molecule has 5 nitrogen and oxygen atoms in total. The van der Waals surface area contributed by atoms with Gasteiger partial charge in [-0.3, -0.25) is 9.59 Å². The predicted molar refractivity (Wildman–Crippen MR) is 92.4 cm³/mol. The summed E-state index contributed by atoms with van der Waals surface area (Å²) in [6.07, 6.45) is 0.766. The zero-order valence-electron chi connectivity index (χ0n) is 13.8. The molecule has 0 unspecified atom stereocenters. The van der Waals surface area contributed by atoms with Crippen LogP contribution in [0.25, 0.3) is 0 Å². The molecule has 0 spiro atoms. The molecule has 0 aliphatic heterocycles. The molecule has 132 valence electrons. The van der Waals surface area contributed by atoms with Crippen LogP contribution in [0.1, 0.15) is 18.4 Å². The highest BCUT2D eigenvalue weighted by atomic mass is 19.1. The van der Waals surface area contributed by atoms with Crippen LogP contribution in [0.5, 0.6) is 5.75 Å². The lowest BCUT2D eigenvalue weighted by molar-refractivity contribution is -0.126. The number of benzene rings is 2. The average Bonchev–Trinajstić information content (AvgIpc) is 2.64. The molecule has 0 heterocycles. The van der Waals surface area contributed by atoms with E-state index in [0.29, 0.717) is 25.3 Å². The van der Waals surface area contributed by atoms with E-state index < -0.39 is 0 Å². The van der Waals surface area contributed by atoms with Crippen molar-refractivity contribution in [3.63, 3.8) is 0 Å². The molecule has 0 aliphatic rings. The molecule has 6 heteroatoms. The molecule has 2 aromatic carbocycles. The Morgan fingerprint density at radius 3 is 2.36 bits per heavy atom. The van der Waals surface area contributed by atoms with Crippen molar-refractivity contribution < 1.29 is 18.7 Å². The van der Waals surface area contributed by atoms with Gasteiger partial charge in [0.15, 0.2) is 0 Å². The van der Waals surface area contributed by atoms with Gasteiger partial charge in [-0.25, -0.2) is 4.39 Å². The van der Waals surface area contributed by atoms with Crippen LogP contribution >= 0.6 is 0 Å². The molecule has 0 radical (unpaired) electrons. The van der Waals surface area contributed by atoms with Gasteiger partial charge < -0.3 is 15.4 Å². The zero-order valence-corrected chi connectivity index (χ0v) is 13.8. The molecule has 2 amide bonds. The van der Waals surface area contributed by atoms with Gasteiger partial charge in [0, 0.05) is 13.0 Å². The summed E-state index contributed by atoms with van der Waals surface area (Å²) < 4.78 is 18.1. The summed E-state index contributed by atoms with van der Waals surface area (Å²) >= 11 is 0. The number of nitrogens with one attached hydrogen (secondary N) is 2. The molecule has 0 atom stereocenters. The van der Waals surface area contributed by atoms with Crippen LogP contribution in [-0.4, -0.2) is 25.0 Å². The molecular formula is C19H21FN2O3. The van der Waals surface area contributed by atoms with E-state index >= 15 is 0 Å². The molecule has 0 aliphatic carbocycles. The van der Waals surface area contributed by atoms with Crippen molar-refractivity contribution in [2.45, 2.75) is 19.4 Å². The lowest BCUT2D eigenvalue weighted by atomic mass is 10.2. The molecule has 2 N–H and O–H groups in total. The number of hydrogen-bond donors (Lipinski definition) is 2. The third-order valence-electron chi connectivity index (χ3n) is 3.41. The van der Waals surface area contributed by atoms with Crippen molar-refractivity contribution in [2.75, 3.05) is 13.2 Å². The Bertz CT molecular complexity index is 675. The minimum Gasteiger partial charge on any atom is -0.494 e. The van der Waals surface area contributed by atoms with Crippen LogP contribution in [0.4, 0.5) is 4.39 Å². The van der Waals surface area contributed by atoms with Crippen molar-refractivity contribution in [3.8, 4) is 5.75 Å². The standard InChI is InChI=1S/C19H21FN2O3/c20-16-8-10-17(11-9-16)25-12-4-7-18(23)22-14-19(24)21-13-15-5-2-1-3-6-15/h1-3,5-6,8-11H,4,7,12-14H2,(H,21,24)(H,22,23). The van der Waals surface area contributed by atoms with Gasteiger partial charge >= 0.3 is 0 Å². The van der Waals surface area contributed by atoms with Crippen molar-refractivity contribution in [1.29, 1.82) is 0 Å². The maximum atomic E-state index is 12.7. The van der Waals surface area contributed by atoms with Crippen molar-refractivity contribution in [1.82, 2.24) is 10.6 Å². The maximum absolute atomic E-state index is 12.7. The SMILES string of the molecule is O=C(CCCOc1ccc(F)cc1)NCC(=O)NCc1ccccc1. The van der Waals surface area contributed by atoms with E-state index in [9.17, 15) is 14.0 Å². The second kappa shape index (κ2) is 10.1. The average molecular weight is 344 g/mol. The van der Waals surface area contributed by atoms with Gasteiger partial charge in [0.1, 0.15) is 11.6 Å². The number of amides is 2. The first-order chi connectivity index (χ1) is 12.1. The van der Waals surface area contributed by atoms with E-state index in [2.05, 4.69) is 10.6 Å². The summed E-state index contributed by atoms with van der Waals surface area (Å²) in [5.41, 5.74) is 1.00. The van der Waals surface area contributed by atoms with E-state index in [1.54, 1.807) is 0 Å². The number of carbonyl (C=O) groups is 2. The highest BCUT2D eigenvalue weighted by Gasteiger charge is 2.05. The first-order valence-electron chi connectivity index (χ1n) is 8.09. The van der Waals surface area contributed by atoms with E-state index in [4.69, 9.17) is 4.74 Å². The van der Waals surface area contributed by atoms with E-state index in [1.165, 1.54) is 24.3 Å². The Morgan fingerprint density at radius 1 is 0.920 bits per heavy atom. The number of halogens is 1. The third kappa shape index (κ3) is 7.48. The second-order valence-electron chi connectivity index (χ2n) is 5.44. The second-order valence-corrected chi connectivity index (χ2v) is 5.44. The quantitative estimate of drug-likeness (QED) is 0.687. The maximum Gasteiger partial charge on any atom is 0.239 e. The summed E-state index contributed by atoms with van der Waals surface area (Å²) in [5.74, 6) is -0.211. The van der Waals surface area contributed by atoms with Crippen molar-refractivity contribution >= 4 is 11.8 Å². The molecule has 0 saturated carbocycles. The highest BCUT2D eigenvalue weighted by Crippen LogP contribution is 2.11. The Hall–Kier alpha value is -2.89. The lowest BCUT2D eigenvalue weighted by Crippen LogP contribution is -2.36. The molecule has 2 rings (SSSR count). The van der Waals surface area contributed by atoms with Crippen LogP contribution in [0, 0.1) is 5.82 Å². The number of carbonyl (C=O) groups excluding carboxylic acids is 2. The summed E-state index contributed by atoms with van der Waals surface area (Å²) in [6, 6.07) is 15.2. The van der Waals surface area contributed by atoms with Crippen molar-refractivity contribution in [3.05, 3.63) is 66.0 Å². The lowest BCUT2D eigenvalue weighted by Gasteiger charge is -2.08. The summed E-state index contributed by atoms with van der Waals surface area (Å²) in [4.78, 5) is 23.4. The summed E-state index contributed by atoms with van der Waals surface area (Å²) in [7, 11) is 0. The molecule has 0 saturated heterocycles. The number of hydrogen-bond acceptors (Lipinski definition) is 3. The summed E-state index contributed by atoms with van der Waals surface area (Å²) in [6.45, 7) is 0.727. The van der Waals surface area contributed by atoms with Crippen LogP contribution in [0.15, 0.2) is 54.6 Å². The van der Waals surface area contributed by atoms with Crippen LogP contribution in [0.3, 0.4) is 0 Å². The molecule has 2 aromatic rings. The van der Waals surface area contributed by atoms with Crippen LogP contribution in [-0.2, 0) is 16.1 Å². The van der Waals surface area contributed by atoms with Crippen molar-refractivity contribution in [2.24, 2.45) is 0 Å².